The Morgan fingerprint density at radius 1 is 1.10 bits per heavy atom. The van der Waals surface area contributed by atoms with E-state index in [4.69, 9.17) is 5.11 Å². The summed E-state index contributed by atoms with van der Waals surface area (Å²) in [5.41, 5.74) is -0.383. The van der Waals surface area contributed by atoms with Crippen LogP contribution in [0.5, 0.6) is 0 Å². The van der Waals surface area contributed by atoms with Crippen molar-refractivity contribution >= 4 is 11.5 Å². The van der Waals surface area contributed by atoms with Crippen molar-refractivity contribution in [1.82, 2.24) is 4.37 Å². The second-order valence-corrected chi connectivity index (χ2v) is 5.23. The third kappa shape index (κ3) is 3.21. The summed E-state index contributed by atoms with van der Waals surface area (Å²) in [5.74, 6) is -3.03. The number of aliphatic hydroxyl groups excluding tert-OH is 1. The molecule has 0 fully saturated rings. The molecule has 8 heteroatoms. The van der Waals surface area contributed by atoms with E-state index in [1.165, 1.54) is 12.1 Å². The van der Waals surface area contributed by atoms with E-state index in [9.17, 15) is 22.0 Å². The Morgan fingerprint density at radius 3 is 2.10 bits per heavy atom. The van der Waals surface area contributed by atoms with Crippen LogP contribution in [0.2, 0.25) is 0 Å². The Balaban J connectivity index is 2.46. The number of rotatable bonds is 3. The molecule has 2 nitrogen and oxygen atoms in total. The summed E-state index contributed by atoms with van der Waals surface area (Å²) in [7, 11) is 0. The average Bonchev–Trinajstić information content (AvgIpc) is 2.81. The second kappa shape index (κ2) is 5.34. The predicted octanol–water partition coefficient (Wildman–Crippen LogP) is 4.43. The molecule has 0 radical (unpaired) electrons. The highest BCUT2D eigenvalue weighted by Crippen LogP contribution is 2.40. The molecule has 1 aromatic heterocycles. The van der Waals surface area contributed by atoms with E-state index in [2.05, 4.69) is 4.37 Å². The first-order chi connectivity index (χ1) is 9.64. The molecule has 0 spiro atoms. The van der Waals surface area contributed by atoms with E-state index in [0.717, 1.165) is 19.1 Å². The fraction of sp³-hybridized carbons (Fsp3) is 0.308. The molecular formula is C13H10F5NOS. The van der Waals surface area contributed by atoms with Crippen molar-refractivity contribution in [2.75, 3.05) is 0 Å². The number of hydrogen-bond acceptors (Lipinski definition) is 3. The van der Waals surface area contributed by atoms with E-state index >= 15 is 0 Å². The van der Waals surface area contributed by atoms with E-state index in [0.29, 0.717) is 0 Å². The van der Waals surface area contributed by atoms with Gasteiger partial charge in [0.2, 0.25) is 0 Å². The van der Waals surface area contributed by atoms with Gasteiger partial charge in [0.05, 0.1) is 12.3 Å². The van der Waals surface area contributed by atoms with Gasteiger partial charge in [-0.3, -0.25) is 0 Å². The first-order valence-electron chi connectivity index (χ1n) is 5.80. The first kappa shape index (κ1) is 15.8. The van der Waals surface area contributed by atoms with Crippen LogP contribution >= 0.6 is 11.5 Å². The summed E-state index contributed by atoms with van der Waals surface area (Å²) in [6, 6.07) is 4.79. The number of aromatic nitrogens is 1. The molecule has 0 aliphatic heterocycles. The van der Waals surface area contributed by atoms with Crippen molar-refractivity contribution in [1.29, 1.82) is 0 Å². The minimum Gasteiger partial charge on any atom is -0.392 e. The number of hydrogen-bond donors (Lipinski definition) is 1. The predicted molar refractivity (Wildman–Crippen MR) is 68.0 cm³/mol. The third-order valence-corrected chi connectivity index (χ3v) is 3.80. The summed E-state index contributed by atoms with van der Waals surface area (Å²) in [6.45, 7) is -0.0991. The molecule has 1 heterocycles. The molecule has 1 N–H and O–H groups in total. The second-order valence-electron chi connectivity index (χ2n) is 4.46. The van der Waals surface area contributed by atoms with Gasteiger partial charge in [0.1, 0.15) is 4.88 Å². The lowest BCUT2D eigenvalue weighted by Gasteiger charge is -2.11. The molecule has 0 bridgehead atoms. The molecule has 2 rings (SSSR count). The largest absolute Gasteiger partial charge is 0.427 e. The van der Waals surface area contributed by atoms with Crippen LogP contribution in [0.1, 0.15) is 22.9 Å². The lowest BCUT2D eigenvalue weighted by molar-refractivity contribution is -0.135. The molecule has 0 aliphatic rings. The molecule has 0 aliphatic carbocycles. The van der Waals surface area contributed by atoms with Gasteiger partial charge in [-0.05, 0) is 11.5 Å². The molecule has 2 aromatic rings. The quantitative estimate of drug-likeness (QED) is 0.848. The van der Waals surface area contributed by atoms with Gasteiger partial charge in [-0.15, -0.1) is 0 Å². The normalized spacial score (nSPS) is 12.7. The smallest absolute Gasteiger partial charge is 0.392 e. The number of benzene rings is 1. The van der Waals surface area contributed by atoms with Gasteiger partial charge in [0, 0.05) is 23.6 Å². The molecule has 21 heavy (non-hydrogen) atoms. The molecule has 0 saturated heterocycles. The maximum absolute atomic E-state index is 13.1. The van der Waals surface area contributed by atoms with Crippen molar-refractivity contribution in [2.24, 2.45) is 0 Å². The maximum Gasteiger partial charge on any atom is 0.427 e. The van der Waals surface area contributed by atoms with Crippen LogP contribution in [-0.4, -0.2) is 9.48 Å². The van der Waals surface area contributed by atoms with Crippen molar-refractivity contribution < 1.29 is 27.1 Å². The van der Waals surface area contributed by atoms with Crippen LogP contribution in [-0.2, 0) is 18.7 Å². The van der Waals surface area contributed by atoms with Crippen LogP contribution in [0.4, 0.5) is 22.0 Å². The molecule has 114 valence electrons. The van der Waals surface area contributed by atoms with Crippen LogP contribution < -0.4 is 0 Å². The van der Waals surface area contributed by atoms with Gasteiger partial charge in [-0.2, -0.15) is 17.5 Å². The Hall–Kier alpha value is -1.54. The highest BCUT2D eigenvalue weighted by molar-refractivity contribution is 7.06. The SMILES string of the molecule is CC(F)(F)c1ccc(-c2nsc(C(F)(F)F)c2CO)cc1. The number of nitrogens with zero attached hydrogens (tertiary/aromatic N) is 1. The summed E-state index contributed by atoms with van der Waals surface area (Å²) >= 11 is 0.229. The molecule has 0 atom stereocenters. The van der Waals surface area contributed by atoms with E-state index < -0.39 is 23.6 Å². The summed E-state index contributed by atoms with van der Waals surface area (Å²) in [4.78, 5) is -0.982. The lowest BCUT2D eigenvalue weighted by Crippen LogP contribution is -2.07. The van der Waals surface area contributed by atoms with Crippen molar-refractivity contribution in [3.63, 3.8) is 0 Å². The lowest BCUT2D eigenvalue weighted by atomic mass is 10.0. The van der Waals surface area contributed by atoms with Crippen LogP contribution in [0, 0.1) is 0 Å². The zero-order valence-electron chi connectivity index (χ0n) is 10.7. The summed E-state index contributed by atoms with van der Waals surface area (Å²) < 4.78 is 68.1. The van der Waals surface area contributed by atoms with Crippen molar-refractivity contribution in [3.8, 4) is 11.3 Å². The average molecular weight is 323 g/mol. The number of halogens is 5. The van der Waals surface area contributed by atoms with Gasteiger partial charge in [-0.25, -0.2) is 8.78 Å². The van der Waals surface area contributed by atoms with Crippen LogP contribution in [0.3, 0.4) is 0 Å². The van der Waals surface area contributed by atoms with Gasteiger partial charge in [-0.1, -0.05) is 24.3 Å². The topological polar surface area (TPSA) is 33.1 Å². The van der Waals surface area contributed by atoms with Crippen molar-refractivity contribution in [2.45, 2.75) is 25.6 Å². The Labute approximate surface area is 121 Å². The number of alkyl halides is 5. The molecular weight excluding hydrogens is 313 g/mol. The highest BCUT2D eigenvalue weighted by Gasteiger charge is 2.37. The zero-order valence-corrected chi connectivity index (χ0v) is 11.5. The van der Waals surface area contributed by atoms with E-state index in [-0.39, 0.29) is 33.9 Å². The van der Waals surface area contributed by atoms with E-state index in [1.54, 1.807) is 0 Å². The minimum absolute atomic E-state index is 0.0409. The van der Waals surface area contributed by atoms with Crippen molar-refractivity contribution in [3.05, 3.63) is 40.3 Å². The maximum atomic E-state index is 13.1. The Morgan fingerprint density at radius 2 is 1.67 bits per heavy atom. The zero-order chi connectivity index (χ0) is 15.8. The number of aliphatic hydroxyl groups is 1. The van der Waals surface area contributed by atoms with Crippen LogP contribution in [0.25, 0.3) is 11.3 Å². The van der Waals surface area contributed by atoms with Gasteiger partial charge < -0.3 is 5.11 Å². The molecule has 0 unspecified atom stereocenters. The van der Waals surface area contributed by atoms with Gasteiger partial charge in [0.25, 0.3) is 5.92 Å². The fourth-order valence-corrected chi connectivity index (χ4v) is 2.60. The Kier molecular flexibility index (Phi) is 4.03. The monoisotopic (exact) mass is 323 g/mol. The van der Waals surface area contributed by atoms with Gasteiger partial charge in [0.15, 0.2) is 0 Å². The molecule has 1 aromatic carbocycles. The standard InChI is InChI=1S/C13H10F5NOS/c1-12(14,15)8-4-2-7(3-5-8)10-9(6-20)11(21-19-10)13(16,17)18/h2-5,20H,6H2,1H3. The fourth-order valence-electron chi connectivity index (χ4n) is 1.83. The van der Waals surface area contributed by atoms with E-state index in [1.807, 2.05) is 0 Å². The highest BCUT2D eigenvalue weighted by atomic mass is 32.1. The first-order valence-corrected chi connectivity index (χ1v) is 6.57. The minimum atomic E-state index is -4.61. The van der Waals surface area contributed by atoms with Gasteiger partial charge >= 0.3 is 6.18 Å². The third-order valence-electron chi connectivity index (χ3n) is 2.87. The molecule has 0 saturated carbocycles. The molecule has 0 amide bonds. The van der Waals surface area contributed by atoms with Crippen LogP contribution in [0.15, 0.2) is 24.3 Å². The Bertz CT molecular complexity index is 627. The summed E-state index contributed by atoms with van der Waals surface area (Å²) in [5, 5.41) is 9.14. The summed E-state index contributed by atoms with van der Waals surface area (Å²) in [6.07, 6.45) is -4.61.